The molecule has 3 heterocycles. The Morgan fingerprint density at radius 2 is 2.13 bits per heavy atom. The summed E-state index contributed by atoms with van der Waals surface area (Å²) in [5.74, 6) is 0.805. The Balaban J connectivity index is 2.19. The van der Waals surface area contributed by atoms with Crippen LogP contribution in [0.15, 0.2) is 36.5 Å². The van der Waals surface area contributed by atoms with Crippen LogP contribution in [0.1, 0.15) is 4.88 Å². The molecule has 0 saturated heterocycles. The molecule has 15 heavy (non-hydrogen) atoms. The number of thiophene rings is 1. The van der Waals surface area contributed by atoms with Crippen LogP contribution in [0.4, 0.5) is 0 Å². The highest BCUT2D eigenvalue weighted by molar-refractivity contribution is 7.15. The Morgan fingerprint density at radius 1 is 1.20 bits per heavy atom. The number of fused-ring (bicyclic) bond motifs is 1. The number of hydrogen-bond donors (Lipinski definition) is 0. The molecule has 0 aliphatic rings. The minimum atomic E-state index is 0.805. The fourth-order valence-corrected chi connectivity index (χ4v) is 2.29. The molecule has 0 unspecified atom stereocenters. The number of aryl methyl sites for hydroxylation is 1. The third-order valence-corrected chi connectivity index (χ3v) is 3.20. The molecule has 0 aliphatic heterocycles. The van der Waals surface area contributed by atoms with E-state index >= 15 is 0 Å². The zero-order chi connectivity index (χ0) is 10.3. The highest BCUT2D eigenvalue weighted by Crippen LogP contribution is 2.24. The second-order valence-corrected chi connectivity index (χ2v) is 4.64. The molecule has 4 heteroatoms. The standard InChI is InChI=1S/C11H9N3S/c1-8-5-6-9(15-8)11-12-10-4-2-3-7-14(10)13-11/h2-7H,1H3. The summed E-state index contributed by atoms with van der Waals surface area (Å²) in [5.41, 5.74) is 0.888. The first-order valence-electron chi connectivity index (χ1n) is 4.71. The summed E-state index contributed by atoms with van der Waals surface area (Å²) < 4.78 is 1.80. The lowest BCUT2D eigenvalue weighted by molar-refractivity contribution is 0.967. The molecular formula is C11H9N3S. The lowest BCUT2D eigenvalue weighted by Gasteiger charge is -1.85. The fraction of sp³-hybridized carbons (Fsp3) is 0.0909. The Labute approximate surface area is 91.0 Å². The van der Waals surface area contributed by atoms with E-state index in [2.05, 4.69) is 29.1 Å². The normalized spacial score (nSPS) is 11.0. The van der Waals surface area contributed by atoms with Crippen LogP contribution in [-0.2, 0) is 0 Å². The lowest BCUT2D eigenvalue weighted by Crippen LogP contribution is -1.83. The van der Waals surface area contributed by atoms with E-state index in [-0.39, 0.29) is 0 Å². The predicted molar refractivity (Wildman–Crippen MR) is 61.0 cm³/mol. The smallest absolute Gasteiger partial charge is 0.192 e. The molecule has 0 aromatic carbocycles. The third kappa shape index (κ3) is 1.43. The molecule has 74 valence electrons. The van der Waals surface area contributed by atoms with E-state index < -0.39 is 0 Å². The van der Waals surface area contributed by atoms with E-state index in [0.717, 1.165) is 16.3 Å². The highest BCUT2D eigenvalue weighted by atomic mass is 32.1. The van der Waals surface area contributed by atoms with Gasteiger partial charge in [-0.3, -0.25) is 0 Å². The topological polar surface area (TPSA) is 30.2 Å². The van der Waals surface area contributed by atoms with Crippen LogP contribution in [0.25, 0.3) is 16.3 Å². The van der Waals surface area contributed by atoms with Gasteiger partial charge in [0.2, 0.25) is 0 Å². The molecule has 0 amide bonds. The first kappa shape index (κ1) is 8.61. The zero-order valence-corrected chi connectivity index (χ0v) is 9.03. The van der Waals surface area contributed by atoms with E-state index in [4.69, 9.17) is 0 Å². The second kappa shape index (κ2) is 3.17. The first-order chi connectivity index (χ1) is 7.33. The Kier molecular flexibility index (Phi) is 1.82. The van der Waals surface area contributed by atoms with Crippen molar-refractivity contribution in [2.24, 2.45) is 0 Å². The van der Waals surface area contributed by atoms with Gasteiger partial charge < -0.3 is 0 Å². The zero-order valence-electron chi connectivity index (χ0n) is 8.21. The molecule has 0 aliphatic carbocycles. The van der Waals surface area contributed by atoms with Crippen molar-refractivity contribution in [2.45, 2.75) is 6.92 Å². The van der Waals surface area contributed by atoms with Gasteiger partial charge in [0.15, 0.2) is 11.5 Å². The van der Waals surface area contributed by atoms with E-state index in [9.17, 15) is 0 Å². The molecule has 3 rings (SSSR count). The molecule has 3 aromatic rings. The Hall–Kier alpha value is -1.68. The van der Waals surface area contributed by atoms with Crippen molar-refractivity contribution in [1.82, 2.24) is 14.6 Å². The van der Waals surface area contributed by atoms with Crippen molar-refractivity contribution in [3.05, 3.63) is 41.4 Å². The van der Waals surface area contributed by atoms with Crippen LogP contribution in [0, 0.1) is 6.92 Å². The predicted octanol–water partition coefficient (Wildman–Crippen LogP) is 2.77. The van der Waals surface area contributed by atoms with Crippen molar-refractivity contribution in [2.75, 3.05) is 0 Å². The molecular weight excluding hydrogens is 206 g/mol. The van der Waals surface area contributed by atoms with Gasteiger partial charge in [0, 0.05) is 11.1 Å². The maximum absolute atomic E-state index is 4.46. The highest BCUT2D eigenvalue weighted by Gasteiger charge is 2.07. The van der Waals surface area contributed by atoms with Crippen molar-refractivity contribution in [3.63, 3.8) is 0 Å². The quantitative estimate of drug-likeness (QED) is 0.624. The number of hydrogen-bond acceptors (Lipinski definition) is 3. The van der Waals surface area contributed by atoms with Gasteiger partial charge in [0.05, 0.1) is 4.88 Å². The summed E-state index contributed by atoms with van der Waals surface area (Å²) in [6, 6.07) is 10.0. The molecule has 0 atom stereocenters. The van der Waals surface area contributed by atoms with Gasteiger partial charge in [-0.2, -0.15) is 0 Å². The van der Waals surface area contributed by atoms with Crippen molar-refractivity contribution < 1.29 is 0 Å². The molecule has 0 N–H and O–H groups in total. The summed E-state index contributed by atoms with van der Waals surface area (Å²) in [5, 5.41) is 4.41. The summed E-state index contributed by atoms with van der Waals surface area (Å²) in [6.45, 7) is 2.09. The number of pyridine rings is 1. The molecule has 3 aromatic heterocycles. The molecule has 0 saturated carbocycles. The van der Waals surface area contributed by atoms with Crippen LogP contribution < -0.4 is 0 Å². The van der Waals surface area contributed by atoms with Crippen LogP contribution in [-0.4, -0.2) is 14.6 Å². The molecule has 0 fully saturated rings. The summed E-state index contributed by atoms with van der Waals surface area (Å²) in [6.07, 6.45) is 1.91. The van der Waals surface area contributed by atoms with Crippen LogP contribution in [0.2, 0.25) is 0 Å². The molecule has 0 radical (unpaired) electrons. The minimum Gasteiger partial charge on any atom is -0.221 e. The monoisotopic (exact) mass is 215 g/mol. The largest absolute Gasteiger partial charge is 0.221 e. The first-order valence-corrected chi connectivity index (χ1v) is 5.53. The van der Waals surface area contributed by atoms with Gasteiger partial charge in [-0.25, -0.2) is 9.50 Å². The van der Waals surface area contributed by atoms with E-state index in [0.29, 0.717) is 0 Å². The fourth-order valence-electron chi connectivity index (χ4n) is 1.49. The average Bonchev–Trinajstić information content (AvgIpc) is 2.82. The van der Waals surface area contributed by atoms with Crippen molar-refractivity contribution >= 4 is 17.0 Å². The van der Waals surface area contributed by atoms with Gasteiger partial charge in [-0.15, -0.1) is 16.4 Å². The maximum Gasteiger partial charge on any atom is 0.192 e. The van der Waals surface area contributed by atoms with E-state index in [1.165, 1.54) is 4.88 Å². The molecule has 0 bridgehead atoms. The van der Waals surface area contributed by atoms with Crippen molar-refractivity contribution in [3.8, 4) is 10.7 Å². The Morgan fingerprint density at radius 3 is 2.87 bits per heavy atom. The molecule has 3 nitrogen and oxygen atoms in total. The van der Waals surface area contributed by atoms with E-state index in [1.807, 2.05) is 24.4 Å². The average molecular weight is 215 g/mol. The lowest BCUT2D eigenvalue weighted by atomic mass is 10.4. The number of nitrogens with zero attached hydrogens (tertiary/aromatic N) is 3. The van der Waals surface area contributed by atoms with Crippen molar-refractivity contribution in [1.29, 1.82) is 0 Å². The summed E-state index contributed by atoms with van der Waals surface area (Å²) in [7, 11) is 0. The van der Waals surface area contributed by atoms with Crippen LogP contribution in [0.5, 0.6) is 0 Å². The van der Waals surface area contributed by atoms with Gasteiger partial charge in [-0.05, 0) is 31.2 Å². The number of aromatic nitrogens is 3. The number of rotatable bonds is 1. The van der Waals surface area contributed by atoms with Gasteiger partial charge in [-0.1, -0.05) is 6.07 Å². The SMILES string of the molecule is Cc1ccc(-c2nc3ccccn3n2)s1. The Bertz CT molecular complexity index is 576. The van der Waals surface area contributed by atoms with Gasteiger partial charge >= 0.3 is 0 Å². The van der Waals surface area contributed by atoms with E-state index in [1.54, 1.807) is 15.9 Å². The van der Waals surface area contributed by atoms with Gasteiger partial charge in [0.1, 0.15) is 0 Å². The minimum absolute atomic E-state index is 0.805. The van der Waals surface area contributed by atoms with Crippen LogP contribution in [0.3, 0.4) is 0 Å². The summed E-state index contributed by atoms with van der Waals surface area (Å²) in [4.78, 5) is 6.86. The third-order valence-electron chi connectivity index (χ3n) is 2.20. The van der Waals surface area contributed by atoms with Crippen LogP contribution >= 0.6 is 11.3 Å². The van der Waals surface area contributed by atoms with Gasteiger partial charge in [0.25, 0.3) is 0 Å². The molecule has 0 spiro atoms. The summed E-state index contributed by atoms with van der Waals surface area (Å²) >= 11 is 1.72. The maximum atomic E-state index is 4.46. The second-order valence-electron chi connectivity index (χ2n) is 3.35.